The predicted molar refractivity (Wildman–Crippen MR) is 97.6 cm³/mol. The van der Waals surface area contributed by atoms with E-state index in [-0.39, 0.29) is 30.5 Å². The molecule has 168 valence electrons. The second-order valence-electron chi connectivity index (χ2n) is 6.91. The number of hydrogen-bond acceptors (Lipinski definition) is 6. The molecular formula is C17H22F3N3O6S. The van der Waals surface area contributed by atoms with Gasteiger partial charge in [-0.05, 0) is 24.5 Å². The lowest BCUT2D eigenvalue weighted by Gasteiger charge is -2.38. The van der Waals surface area contributed by atoms with Crippen LogP contribution in [0.15, 0.2) is 24.5 Å². The predicted octanol–water partition coefficient (Wildman–Crippen LogP) is 0.770. The Morgan fingerprint density at radius 1 is 1.40 bits per heavy atom. The highest BCUT2D eigenvalue weighted by molar-refractivity contribution is 7.88. The van der Waals surface area contributed by atoms with Crippen molar-refractivity contribution in [2.45, 2.75) is 37.7 Å². The van der Waals surface area contributed by atoms with Crippen LogP contribution in [0.2, 0.25) is 0 Å². The average molecular weight is 453 g/mol. The van der Waals surface area contributed by atoms with Gasteiger partial charge in [0, 0.05) is 32.1 Å². The zero-order chi connectivity index (χ0) is 22.5. The van der Waals surface area contributed by atoms with E-state index >= 15 is 0 Å². The lowest BCUT2D eigenvalue weighted by molar-refractivity contribution is -0.192. The van der Waals surface area contributed by atoms with Gasteiger partial charge in [-0.25, -0.2) is 13.2 Å². The minimum Gasteiger partial charge on any atom is -0.475 e. The summed E-state index contributed by atoms with van der Waals surface area (Å²) < 4.78 is 62.8. The lowest BCUT2D eigenvalue weighted by Crippen LogP contribution is -2.54. The number of fused-ring (bicyclic) bond motifs is 1. The van der Waals surface area contributed by atoms with Gasteiger partial charge in [-0.1, -0.05) is 6.07 Å². The number of carboxylic acids is 1. The highest BCUT2D eigenvalue weighted by Crippen LogP contribution is 2.32. The molecule has 0 saturated carbocycles. The number of aromatic nitrogens is 1. The molecule has 2 fully saturated rings. The van der Waals surface area contributed by atoms with Crippen LogP contribution in [-0.2, 0) is 30.9 Å². The van der Waals surface area contributed by atoms with E-state index < -0.39 is 22.2 Å². The third kappa shape index (κ3) is 6.64. The number of sulfonamides is 1. The molecule has 0 spiro atoms. The molecule has 3 atom stereocenters. The molecule has 1 aromatic rings. The van der Waals surface area contributed by atoms with Crippen LogP contribution in [-0.4, -0.2) is 72.4 Å². The monoisotopic (exact) mass is 453 g/mol. The second kappa shape index (κ2) is 9.71. The third-order valence-corrected chi connectivity index (χ3v) is 5.96. The number of hydrogen-bond donors (Lipinski definition) is 2. The second-order valence-corrected chi connectivity index (χ2v) is 8.85. The van der Waals surface area contributed by atoms with Crippen LogP contribution in [0.5, 0.6) is 0 Å². The summed E-state index contributed by atoms with van der Waals surface area (Å²) in [6.07, 6.45) is 0.552. The van der Waals surface area contributed by atoms with Gasteiger partial charge in [-0.15, -0.1) is 0 Å². The van der Waals surface area contributed by atoms with Crippen LogP contribution in [0, 0.1) is 5.92 Å². The summed E-state index contributed by atoms with van der Waals surface area (Å²) >= 11 is 0. The molecule has 3 heterocycles. The molecule has 30 heavy (non-hydrogen) atoms. The number of nitrogens with zero attached hydrogens (tertiary/aromatic N) is 2. The molecule has 0 aliphatic carbocycles. The fraction of sp³-hybridized carbons (Fsp3) is 0.588. The molecule has 13 heteroatoms. The van der Waals surface area contributed by atoms with Gasteiger partial charge >= 0.3 is 12.1 Å². The van der Waals surface area contributed by atoms with Gasteiger partial charge in [0.1, 0.15) is 0 Å². The van der Waals surface area contributed by atoms with Crippen molar-refractivity contribution in [1.29, 1.82) is 0 Å². The quantitative estimate of drug-likeness (QED) is 0.690. The molecule has 3 rings (SSSR count). The Balaban J connectivity index is 0.000000396. The fourth-order valence-corrected chi connectivity index (χ4v) is 4.49. The summed E-state index contributed by atoms with van der Waals surface area (Å²) in [4.78, 5) is 25.3. The van der Waals surface area contributed by atoms with Gasteiger partial charge in [0.05, 0.1) is 24.3 Å². The highest BCUT2D eigenvalue weighted by atomic mass is 32.2. The molecule has 0 aromatic carbocycles. The minimum atomic E-state index is -5.08. The Morgan fingerprint density at radius 2 is 2.07 bits per heavy atom. The Kier molecular flexibility index (Phi) is 7.77. The number of carboxylic acid groups (broad SMARTS) is 1. The van der Waals surface area contributed by atoms with E-state index in [1.807, 2.05) is 12.1 Å². The Hall–Kier alpha value is -2.25. The summed E-state index contributed by atoms with van der Waals surface area (Å²) in [5, 5.41) is 9.99. The molecule has 1 amide bonds. The van der Waals surface area contributed by atoms with Crippen molar-refractivity contribution in [3.8, 4) is 0 Å². The molecule has 0 unspecified atom stereocenters. The largest absolute Gasteiger partial charge is 0.490 e. The van der Waals surface area contributed by atoms with Gasteiger partial charge in [0.25, 0.3) is 0 Å². The van der Waals surface area contributed by atoms with Crippen molar-refractivity contribution in [2.24, 2.45) is 5.92 Å². The molecule has 1 aromatic heterocycles. The van der Waals surface area contributed by atoms with E-state index in [0.29, 0.717) is 26.0 Å². The number of carbonyl (C=O) groups excluding carboxylic acids is 1. The molecule has 2 aliphatic heterocycles. The first-order valence-corrected chi connectivity index (χ1v) is 10.8. The first-order valence-electron chi connectivity index (χ1n) is 8.94. The Bertz CT molecular complexity index is 850. The number of alkyl halides is 3. The number of amides is 1. The van der Waals surface area contributed by atoms with Crippen LogP contribution in [0.4, 0.5) is 13.2 Å². The standard InChI is InChI=1S/C15H21N3O4S.C2HF3O2/c1-23(20,21)18-10-12(7-14-13(18)4-6-22-14)15(19)17-9-11-3-2-5-16-8-11;3-2(4,5)1(6)7/h2-3,5,8,12-14H,4,6-7,9-10H2,1H3,(H,17,19);(H,6,7)/t12-,13-,14-;/m1./s1. The van der Waals surface area contributed by atoms with Crippen LogP contribution in [0.1, 0.15) is 18.4 Å². The molecule has 2 N–H and O–H groups in total. The van der Waals surface area contributed by atoms with Crippen LogP contribution in [0.3, 0.4) is 0 Å². The number of rotatable bonds is 4. The smallest absolute Gasteiger partial charge is 0.475 e. The van der Waals surface area contributed by atoms with Crippen molar-refractivity contribution in [3.63, 3.8) is 0 Å². The van der Waals surface area contributed by atoms with Gasteiger partial charge in [0.2, 0.25) is 15.9 Å². The van der Waals surface area contributed by atoms with Crippen LogP contribution >= 0.6 is 0 Å². The normalized spacial score (nSPS) is 24.3. The molecule has 0 bridgehead atoms. The maximum Gasteiger partial charge on any atom is 0.490 e. The zero-order valence-corrected chi connectivity index (χ0v) is 16.8. The number of carbonyl (C=O) groups is 2. The van der Waals surface area contributed by atoms with Crippen molar-refractivity contribution < 1.29 is 41.0 Å². The van der Waals surface area contributed by atoms with E-state index in [0.717, 1.165) is 5.56 Å². The average Bonchev–Trinajstić information content (AvgIpc) is 3.13. The number of ether oxygens (including phenoxy) is 1. The van der Waals surface area contributed by atoms with E-state index in [9.17, 15) is 26.4 Å². The first-order chi connectivity index (χ1) is 13.9. The van der Waals surface area contributed by atoms with E-state index in [4.69, 9.17) is 14.6 Å². The fourth-order valence-electron chi connectivity index (χ4n) is 3.31. The van der Waals surface area contributed by atoms with Gasteiger partial charge < -0.3 is 15.2 Å². The maximum absolute atomic E-state index is 12.4. The van der Waals surface area contributed by atoms with Crippen molar-refractivity contribution in [1.82, 2.24) is 14.6 Å². The van der Waals surface area contributed by atoms with Crippen molar-refractivity contribution in [2.75, 3.05) is 19.4 Å². The molecule has 0 radical (unpaired) electrons. The summed E-state index contributed by atoms with van der Waals surface area (Å²) in [6, 6.07) is 3.56. The minimum absolute atomic E-state index is 0.132. The Morgan fingerprint density at radius 3 is 2.60 bits per heavy atom. The molecule has 2 aliphatic rings. The van der Waals surface area contributed by atoms with E-state index in [2.05, 4.69) is 10.3 Å². The number of halogens is 3. The summed E-state index contributed by atoms with van der Waals surface area (Å²) in [5.41, 5.74) is 0.909. The molecule has 2 saturated heterocycles. The van der Waals surface area contributed by atoms with Gasteiger partial charge in [-0.2, -0.15) is 17.5 Å². The maximum atomic E-state index is 12.4. The number of pyridine rings is 1. The van der Waals surface area contributed by atoms with Gasteiger partial charge in [0.15, 0.2) is 0 Å². The summed E-state index contributed by atoms with van der Waals surface area (Å²) in [6.45, 7) is 1.16. The van der Waals surface area contributed by atoms with Crippen molar-refractivity contribution in [3.05, 3.63) is 30.1 Å². The lowest BCUT2D eigenvalue weighted by atomic mass is 9.91. The van der Waals surface area contributed by atoms with E-state index in [1.54, 1.807) is 12.4 Å². The highest BCUT2D eigenvalue weighted by Gasteiger charge is 2.45. The number of nitrogens with one attached hydrogen (secondary N) is 1. The molecular weight excluding hydrogens is 431 g/mol. The van der Waals surface area contributed by atoms with Crippen LogP contribution in [0.25, 0.3) is 0 Å². The number of piperidine rings is 1. The summed E-state index contributed by atoms with van der Waals surface area (Å²) in [5.74, 6) is -3.29. The Labute approximate surface area is 171 Å². The van der Waals surface area contributed by atoms with Crippen LogP contribution < -0.4 is 5.32 Å². The number of aliphatic carboxylic acids is 1. The van der Waals surface area contributed by atoms with E-state index in [1.165, 1.54) is 10.6 Å². The topological polar surface area (TPSA) is 126 Å². The SMILES string of the molecule is CS(=O)(=O)N1C[C@H](C(=O)NCc2cccnc2)C[C@H]2OCC[C@H]21.O=C(O)C(F)(F)F. The molecule has 9 nitrogen and oxygen atoms in total. The third-order valence-electron chi connectivity index (χ3n) is 4.69. The first kappa shape index (κ1) is 24.0. The van der Waals surface area contributed by atoms with Gasteiger partial charge in [-0.3, -0.25) is 9.78 Å². The summed E-state index contributed by atoms with van der Waals surface area (Å²) in [7, 11) is -3.35. The zero-order valence-electron chi connectivity index (χ0n) is 16.0. The van der Waals surface area contributed by atoms with Crippen molar-refractivity contribution >= 4 is 21.9 Å².